The molecule has 17 heavy (non-hydrogen) atoms. The zero-order valence-electron chi connectivity index (χ0n) is 10.00. The van der Waals surface area contributed by atoms with Gasteiger partial charge in [0.15, 0.2) is 0 Å². The van der Waals surface area contributed by atoms with Crippen molar-refractivity contribution in [3.05, 3.63) is 0 Å². The lowest BCUT2D eigenvalue weighted by atomic mass is 10.2. The Bertz CT molecular complexity index is 287. The van der Waals surface area contributed by atoms with Crippen molar-refractivity contribution in [1.29, 1.82) is 0 Å². The first-order valence-corrected chi connectivity index (χ1v) is 6.23. The second kappa shape index (κ2) is 5.97. The van der Waals surface area contributed by atoms with Gasteiger partial charge in [-0.25, -0.2) is 0 Å². The van der Waals surface area contributed by atoms with Crippen LogP contribution in [0.5, 0.6) is 0 Å². The van der Waals surface area contributed by atoms with E-state index in [-0.39, 0.29) is 17.9 Å². The predicted octanol–water partition coefficient (Wildman–Crippen LogP) is -1.71. The summed E-state index contributed by atoms with van der Waals surface area (Å²) in [5, 5.41) is 8.91. The van der Waals surface area contributed by atoms with Crippen LogP contribution in [0.1, 0.15) is 12.8 Å². The lowest BCUT2D eigenvalue weighted by molar-refractivity contribution is -0.122. The summed E-state index contributed by atoms with van der Waals surface area (Å²) in [5.74, 6) is 0.0441. The molecule has 2 saturated heterocycles. The quantitative estimate of drug-likeness (QED) is 0.549. The number of hydrogen-bond acceptors (Lipinski definition) is 4. The van der Waals surface area contributed by atoms with E-state index in [1.807, 2.05) is 0 Å². The van der Waals surface area contributed by atoms with Gasteiger partial charge in [-0.3, -0.25) is 14.5 Å². The van der Waals surface area contributed by atoms with Gasteiger partial charge in [0.2, 0.25) is 11.8 Å². The zero-order valence-corrected chi connectivity index (χ0v) is 10.00. The van der Waals surface area contributed by atoms with Crippen LogP contribution in [0.3, 0.4) is 0 Å². The van der Waals surface area contributed by atoms with Crippen molar-refractivity contribution in [3.63, 3.8) is 0 Å². The molecule has 2 fully saturated rings. The maximum atomic E-state index is 11.8. The number of hydrogen-bond donors (Lipinski definition) is 3. The van der Waals surface area contributed by atoms with Gasteiger partial charge in [-0.15, -0.1) is 0 Å². The minimum absolute atomic E-state index is 0.0217. The fraction of sp³-hybridized carbons (Fsp3) is 0.818. The Morgan fingerprint density at radius 1 is 1.41 bits per heavy atom. The highest BCUT2D eigenvalue weighted by molar-refractivity contribution is 5.82. The molecule has 0 saturated carbocycles. The first-order chi connectivity index (χ1) is 8.24. The Hall–Kier alpha value is -1.14. The predicted molar refractivity (Wildman–Crippen MR) is 63.5 cm³/mol. The van der Waals surface area contributed by atoms with Gasteiger partial charge >= 0.3 is 0 Å². The maximum absolute atomic E-state index is 11.8. The summed E-state index contributed by atoms with van der Waals surface area (Å²) >= 11 is 0. The molecule has 0 aliphatic carbocycles. The van der Waals surface area contributed by atoms with E-state index in [2.05, 4.69) is 20.9 Å². The third-order valence-corrected chi connectivity index (χ3v) is 3.14. The van der Waals surface area contributed by atoms with Crippen LogP contribution in [-0.4, -0.2) is 62.0 Å². The van der Waals surface area contributed by atoms with E-state index in [1.165, 1.54) is 0 Å². The summed E-state index contributed by atoms with van der Waals surface area (Å²) in [6, 6.07) is -0.0277. The number of carbonyl (C=O) groups excluding carboxylic acids is 2. The van der Waals surface area contributed by atoms with Crippen LogP contribution in [0.25, 0.3) is 0 Å². The van der Waals surface area contributed by atoms with Gasteiger partial charge in [-0.1, -0.05) is 0 Å². The smallest absolute Gasteiger partial charge is 0.234 e. The molecule has 0 bridgehead atoms. The van der Waals surface area contributed by atoms with Crippen molar-refractivity contribution in [2.24, 2.45) is 0 Å². The molecule has 0 radical (unpaired) electrons. The highest BCUT2D eigenvalue weighted by Gasteiger charge is 2.23. The van der Waals surface area contributed by atoms with Gasteiger partial charge < -0.3 is 16.0 Å². The van der Waals surface area contributed by atoms with Gasteiger partial charge in [-0.2, -0.15) is 0 Å². The van der Waals surface area contributed by atoms with E-state index >= 15 is 0 Å². The van der Waals surface area contributed by atoms with Crippen LogP contribution >= 0.6 is 0 Å². The molecule has 2 rings (SSSR count). The highest BCUT2D eigenvalue weighted by atomic mass is 16.2. The molecule has 1 unspecified atom stereocenters. The molecule has 0 aromatic carbocycles. The average molecular weight is 240 g/mol. The molecule has 6 nitrogen and oxygen atoms in total. The minimum Gasteiger partial charge on any atom is -0.354 e. The first kappa shape index (κ1) is 12.3. The largest absolute Gasteiger partial charge is 0.354 e. The molecular weight excluding hydrogens is 220 g/mol. The van der Waals surface area contributed by atoms with E-state index in [1.54, 1.807) is 0 Å². The molecule has 0 spiro atoms. The highest BCUT2D eigenvalue weighted by Crippen LogP contribution is 2.00. The Balaban J connectivity index is 1.70. The molecular formula is C11H20N4O2. The van der Waals surface area contributed by atoms with E-state index in [0.717, 1.165) is 32.6 Å². The lowest BCUT2D eigenvalue weighted by Crippen LogP contribution is -2.43. The monoisotopic (exact) mass is 240 g/mol. The van der Waals surface area contributed by atoms with Crippen molar-refractivity contribution in [2.45, 2.75) is 18.9 Å². The molecule has 1 atom stereocenters. The molecule has 2 aliphatic heterocycles. The molecule has 0 aromatic rings. The summed E-state index contributed by atoms with van der Waals surface area (Å²) in [7, 11) is 0. The molecule has 96 valence electrons. The fourth-order valence-electron chi connectivity index (χ4n) is 2.24. The van der Waals surface area contributed by atoms with Crippen LogP contribution in [0.2, 0.25) is 0 Å². The Kier molecular flexibility index (Phi) is 4.33. The molecule has 3 N–H and O–H groups in total. The van der Waals surface area contributed by atoms with Crippen molar-refractivity contribution in [2.75, 3.05) is 39.3 Å². The van der Waals surface area contributed by atoms with Crippen molar-refractivity contribution in [1.82, 2.24) is 20.9 Å². The number of rotatable bonds is 3. The normalized spacial score (nSPS) is 26.4. The Morgan fingerprint density at radius 2 is 2.29 bits per heavy atom. The maximum Gasteiger partial charge on any atom is 0.234 e. The number of nitrogens with zero attached hydrogens (tertiary/aromatic N) is 1. The Morgan fingerprint density at radius 3 is 3.06 bits per heavy atom. The van der Waals surface area contributed by atoms with Gasteiger partial charge in [0, 0.05) is 26.1 Å². The van der Waals surface area contributed by atoms with Crippen molar-refractivity contribution < 1.29 is 9.59 Å². The summed E-state index contributed by atoms with van der Waals surface area (Å²) in [4.78, 5) is 24.9. The van der Waals surface area contributed by atoms with Crippen LogP contribution < -0.4 is 16.0 Å². The zero-order chi connectivity index (χ0) is 12.1. The van der Waals surface area contributed by atoms with E-state index in [4.69, 9.17) is 0 Å². The van der Waals surface area contributed by atoms with Gasteiger partial charge in [0.1, 0.15) is 0 Å². The van der Waals surface area contributed by atoms with E-state index in [0.29, 0.717) is 19.5 Å². The van der Waals surface area contributed by atoms with Crippen LogP contribution in [0.15, 0.2) is 0 Å². The molecule has 2 heterocycles. The summed E-state index contributed by atoms with van der Waals surface area (Å²) < 4.78 is 0. The topological polar surface area (TPSA) is 73.5 Å². The average Bonchev–Trinajstić information content (AvgIpc) is 2.53. The minimum atomic E-state index is -0.0277. The lowest BCUT2D eigenvalue weighted by Gasteiger charge is -2.20. The Labute approximate surface area is 101 Å². The number of nitrogens with one attached hydrogen (secondary N) is 3. The number of amides is 2. The fourth-order valence-corrected chi connectivity index (χ4v) is 2.24. The first-order valence-electron chi connectivity index (χ1n) is 6.23. The molecule has 2 aliphatic rings. The SMILES string of the molecule is O=C1CC(NC(=O)CN2CCCNCC2)CN1. The van der Waals surface area contributed by atoms with Crippen molar-refractivity contribution in [3.8, 4) is 0 Å². The summed E-state index contributed by atoms with van der Waals surface area (Å²) in [6.45, 7) is 4.84. The summed E-state index contributed by atoms with van der Waals surface area (Å²) in [6.07, 6.45) is 1.49. The standard InChI is InChI=1S/C11H20N4O2/c16-10-6-9(7-13-10)14-11(17)8-15-4-1-2-12-3-5-15/h9,12H,1-8H2,(H,13,16)(H,14,17). The molecule has 0 aromatic heterocycles. The molecule has 6 heteroatoms. The summed E-state index contributed by atoms with van der Waals surface area (Å²) in [5.41, 5.74) is 0. The molecule has 2 amide bonds. The second-order valence-corrected chi connectivity index (χ2v) is 4.65. The van der Waals surface area contributed by atoms with Crippen LogP contribution in [0, 0.1) is 0 Å². The van der Waals surface area contributed by atoms with Gasteiger partial charge in [0.05, 0.1) is 12.6 Å². The third kappa shape index (κ3) is 3.98. The van der Waals surface area contributed by atoms with Gasteiger partial charge in [-0.05, 0) is 19.5 Å². The third-order valence-electron chi connectivity index (χ3n) is 3.14. The number of carbonyl (C=O) groups is 2. The van der Waals surface area contributed by atoms with Crippen LogP contribution in [0.4, 0.5) is 0 Å². The van der Waals surface area contributed by atoms with Crippen LogP contribution in [-0.2, 0) is 9.59 Å². The second-order valence-electron chi connectivity index (χ2n) is 4.65. The van der Waals surface area contributed by atoms with Crippen molar-refractivity contribution >= 4 is 11.8 Å². The van der Waals surface area contributed by atoms with E-state index < -0.39 is 0 Å². The van der Waals surface area contributed by atoms with E-state index in [9.17, 15) is 9.59 Å². The van der Waals surface area contributed by atoms with Gasteiger partial charge in [0.25, 0.3) is 0 Å².